The van der Waals surface area contributed by atoms with E-state index < -0.39 is 0 Å². The quantitative estimate of drug-likeness (QED) is 0.832. The minimum absolute atomic E-state index is 0.285. The molecule has 1 amide bonds. The third kappa shape index (κ3) is 3.00. The summed E-state index contributed by atoms with van der Waals surface area (Å²) in [5.41, 5.74) is 6.45. The normalized spacial score (nSPS) is 10.1. The second-order valence-electron chi connectivity index (χ2n) is 3.55. The Labute approximate surface area is 117 Å². The standard InChI is InChI=1S/C12H9BrClN3O/c13-8-2-4-11(16-6-8)17-12(18)7-1-3-10(15)9(14)5-7/h1-6H,15H2,(H,16,17,18). The number of rotatable bonds is 2. The number of nitrogens with zero attached hydrogens (tertiary/aromatic N) is 1. The number of pyridine rings is 1. The van der Waals surface area contributed by atoms with Gasteiger partial charge in [0, 0.05) is 16.2 Å². The van der Waals surface area contributed by atoms with Crippen molar-refractivity contribution in [2.45, 2.75) is 0 Å². The lowest BCUT2D eigenvalue weighted by Gasteiger charge is -2.05. The molecule has 92 valence electrons. The highest BCUT2D eigenvalue weighted by atomic mass is 79.9. The summed E-state index contributed by atoms with van der Waals surface area (Å²) in [6.07, 6.45) is 1.60. The molecule has 0 aliphatic carbocycles. The SMILES string of the molecule is Nc1ccc(C(=O)Nc2ccc(Br)cn2)cc1Cl. The van der Waals surface area contributed by atoms with Gasteiger partial charge in [0.05, 0.1) is 10.7 Å². The molecule has 18 heavy (non-hydrogen) atoms. The average Bonchev–Trinajstić information content (AvgIpc) is 2.35. The first-order valence-corrected chi connectivity index (χ1v) is 6.21. The van der Waals surface area contributed by atoms with E-state index in [4.69, 9.17) is 17.3 Å². The van der Waals surface area contributed by atoms with Crippen molar-refractivity contribution < 1.29 is 4.79 Å². The number of nitrogens with one attached hydrogen (secondary N) is 1. The summed E-state index contributed by atoms with van der Waals surface area (Å²) >= 11 is 9.12. The van der Waals surface area contributed by atoms with Crippen LogP contribution in [0.4, 0.5) is 11.5 Å². The van der Waals surface area contributed by atoms with E-state index in [9.17, 15) is 4.79 Å². The number of hydrogen-bond donors (Lipinski definition) is 2. The third-order valence-electron chi connectivity index (χ3n) is 2.23. The molecule has 1 aromatic heterocycles. The van der Waals surface area contributed by atoms with Crippen molar-refractivity contribution in [2.24, 2.45) is 0 Å². The molecule has 1 heterocycles. The van der Waals surface area contributed by atoms with Gasteiger partial charge < -0.3 is 11.1 Å². The molecule has 0 unspecified atom stereocenters. The molecule has 0 spiro atoms. The zero-order valence-electron chi connectivity index (χ0n) is 9.15. The van der Waals surface area contributed by atoms with Gasteiger partial charge in [-0.3, -0.25) is 4.79 Å². The van der Waals surface area contributed by atoms with Crippen molar-refractivity contribution in [1.82, 2.24) is 4.98 Å². The lowest BCUT2D eigenvalue weighted by Crippen LogP contribution is -2.12. The molecule has 3 N–H and O–H groups in total. The van der Waals surface area contributed by atoms with Crippen molar-refractivity contribution in [2.75, 3.05) is 11.1 Å². The molecule has 0 fully saturated rings. The molecule has 0 saturated heterocycles. The van der Waals surface area contributed by atoms with Crippen molar-refractivity contribution in [3.05, 3.63) is 51.6 Å². The van der Waals surface area contributed by atoms with Gasteiger partial charge in [-0.25, -0.2) is 4.98 Å². The van der Waals surface area contributed by atoms with Gasteiger partial charge in [0.25, 0.3) is 5.91 Å². The molecule has 2 aromatic rings. The van der Waals surface area contributed by atoms with Crippen LogP contribution in [0, 0.1) is 0 Å². The fourth-order valence-electron chi connectivity index (χ4n) is 1.31. The first-order chi connectivity index (χ1) is 8.56. The molecule has 0 bridgehead atoms. The van der Waals surface area contributed by atoms with E-state index >= 15 is 0 Å². The maximum atomic E-state index is 11.9. The van der Waals surface area contributed by atoms with Crippen LogP contribution in [0.25, 0.3) is 0 Å². The van der Waals surface area contributed by atoms with Gasteiger partial charge in [0.2, 0.25) is 0 Å². The van der Waals surface area contributed by atoms with Crippen LogP contribution in [-0.4, -0.2) is 10.9 Å². The van der Waals surface area contributed by atoms with Crippen LogP contribution in [0.1, 0.15) is 10.4 Å². The first kappa shape index (κ1) is 12.9. The van der Waals surface area contributed by atoms with Crippen molar-refractivity contribution >= 4 is 44.9 Å². The van der Waals surface area contributed by atoms with E-state index in [-0.39, 0.29) is 5.91 Å². The molecule has 0 aliphatic rings. The zero-order chi connectivity index (χ0) is 13.1. The summed E-state index contributed by atoms with van der Waals surface area (Å²) in [5, 5.41) is 3.01. The average molecular weight is 327 g/mol. The monoisotopic (exact) mass is 325 g/mol. The summed E-state index contributed by atoms with van der Waals surface area (Å²) < 4.78 is 0.844. The number of amides is 1. The van der Waals surface area contributed by atoms with Gasteiger partial charge >= 0.3 is 0 Å². The summed E-state index contributed by atoms with van der Waals surface area (Å²) in [6.45, 7) is 0. The lowest BCUT2D eigenvalue weighted by atomic mass is 10.2. The Kier molecular flexibility index (Phi) is 3.84. The number of anilines is 2. The van der Waals surface area contributed by atoms with E-state index in [2.05, 4.69) is 26.2 Å². The Bertz CT molecular complexity index is 586. The van der Waals surface area contributed by atoms with Crippen LogP contribution in [-0.2, 0) is 0 Å². The predicted molar refractivity (Wildman–Crippen MR) is 75.8 cm³/mol. The third-order valence-corrected chi connectivity index (χ3v) is 3.03. The molecule has 0 atom stereocenters. The second kappa shape index (κ2) is 5.37. The Balaban J connectivity index is 2.16. The van der Waals surface area contributed by atoms with Crippen molar-refractivity contribution in [3.63, 3.8) is 0 Å². The van der Waals surface area contributed by atoms with Crippen LogP contribution in [0.2, 0.25) is 5.02 Å². The Morgan fingerprint density at radius 3 is 2.72 bits per heavy atom. The van der Waals surface area contributed by atoms with Gasteiger partial charge in [-0.1, -0.05) is 11.6 Å². The smallest absolute Gasteiger partial charge is 0.256 e. The van der Waals surface area contributed by atoms with Crippen LogP contribution < -0.4 is 11.1 Å². The van der Waals surface area contributed by atoms with Gasteiger partial charge in [0.15, 0.2) is 0 Å². The van der Waals surface area contributed by atoms with Crippen molar-refractivity contribution in [3.8, 4) is 0 Å². The fraction of sp³-hybridized carbons (Fsp3) is 0. The van der Waals surface area contributed by atoms with Crippen LogP contribution in [0.3, 0.4) is 0 Å². The summed E-state index contributed by atoms with van der Waals surface area (Å²) in [5.74, 6) is 0.183. The Morgan fingerprint density at radius 2 is 2.11 bits per heavy atom. The zero-order valence-corrected chi connectivity index (χ0v) is 11.5. The molecule has 1 aromatic carbocycles. The molecule has 0 radical (unpaired) electrons. The Hall–Kier alpha value is -1.59. The Morgan fingerprint density at radius 1 is 1.33 bits per heavy atom. The largest absolute Gasteiger partial charge is 0.398 e. The van der Waals surface area contributed by atoms with E-state index in [1.807, 2.05) is 0 Å². The highest BCUT2D eigenvalue weighted by Crippen LogP contribution is 2.20. The summed E-state index contributed by atoms with van der Waals surface area (Å²) in [7, 11) is 0. The second-order valence-corrected chi connectivity index (χ2v) is 4.87. The van der Waals surface area contributed by atoms with E-state index in [1.165, 1.54) is 6.07 Å². The highest BCUT2D eigenvalue weighted by molar-refractivity contribution is 9.10. The topological polar surface area (TPSA) is 68.0 Å². The number of benzene rings is 1. The predicted octanol–water partition coefficient (Wildman–Crippen LogP) is 3.33. The number of halogens is 2. The maximum absolute atomic E-state index is 11.9. The maximum Gasteiger partial charge on any atom is 0.256 e. The minimum atomic E-state index is -0.285. The summed E-state index contributed by atoms with van der Waals surface area (Å²) in [6, 6.07) is 8.20. The first-order valence-electron chi connectivity index (χ1n) is 5.04. The number of carbonyl (C=O) groups excluding carboxylic acids is 1. The number of carbonyl (C=O) groups is 1. The fourth-order valence-corrected chi connectivity index (χ4v) is 1.72. The number of aromatic nitrogens is 1. The molecule has 2 rings (SSSR count). The molecule has 0 aliphatic heterocycles. The van der Waals surface area contributed by atoms with Gasteiger partial charge in [-0.05, 0) is 46.3 Å². The van der Waals surface area contributed by atoms with E-state index in [0.29, 0.717) is 22.1 Å². The van der Waals surface area contributed by atoms with Crippen LogP contribution >= 0.6 is 27.5 Å². The van der Waals surface area contributed by atoms with E-state index in [0.717, 1.165) is 4.47 Å². The molecular formula is C12H9BrClN3O. The van der Waals surface area contributed by atoms with E-state index in [1.54, 1.807) is 30.5 Å². The molecule has 6 heteroatoms. The number of hydrogen-bond acceptors (Lipinski definition) is 3. The highest BCUT2D eigenvalue weighted by Gasteiger charge is 2.08. The molecule has 0 saturated carbocycles. The van der Waals surface area contributed by atoms with Gasteiger partial charge in [0.1, 0.15) is 5.82 Å². The van der Waals surface area contributed by atoms with Crippen LogP contribution in [0.5, 0.6) is 0 Å². The lowest BCUT2D eigenvalue weighted by molar-refractivity contribution is 0.102. The number of nitrogen functional groups attached to an aromatic ring is 1. The molecular weight excluding hydrogens is 318 g/mol. The summed E-state index contributed by atoms with van der Waals surface area (Å²) in [4.78, 5) is 15.9. The van der Waals surface area contributed by atoms with Gasteiger partial charge in [-0.15, -0.1) is 0 Å². The van der Waals surface area contributed by atoms with Crippen LogP contribution in [0.15, 0.2) is 41.0 Å². The van der Waals surface area contributed by atoms with Gasteiger partial charge in [-0.2, -0.15) is 0 Å². The number of nitrogens with two attached hydrogens (primary N) is 1. The van der Waals surface area contributed by atoms with Crippen molar-refractivity contribution in [1.29, 1.82) is 0 Å². The molecule has 4 nitrogen and oxygen atoms in total. The minimum Gasteiger partial charge on any atom is -0.398 e.